The number of nitrogens with one attached hydrogen (secondary N) is 2. The zero-order valence-corrected chi connectivity index (χ0v) is 12.6. The largest absolute Gasteiger partial charge is 0.495 e. The summed E-state index contributed by atoms with van der Waals surface area (Å²) in [7, 11) is 1.50. The summed E-state index contributed by atoms with van der Waals surface area (Å²) in [6.07, 6.45) is 1.29. The van der Waals surface area contributed by atoms with Gasteiger partial charge in [-0.3, -0.25) is 14.9 Å². The Morgan fingerprint density at radius 3 is 2.70 bits per heavy atom. The van der Waals surface area contributed by atoms with Crippen molar-refractivity contribution in [2.75, 3.05) is 12.4 Å². The highest BCUT2D eigenvalue weighted by Crippen LogP contribution is 2.23. The number of anilines is 1. The highest BCUT2D eigenvalue weighted by Gasteiger charge is 2.21. The van der Waals surface area contributed by atoms with E-state index in [9.17, 15) is 14.7 Å². The average molecular weight is 318 g/mol. The fourth-order valence-corrected chi connectivity index (χ4v) is 2.02. The Balaban J connectivity index is 1.93. The number of aliphatic carboxylic acids is 1. The number of furan rings is 1. The number of carbonyl (C=O) groups excluding carboxylic acids is 1. The first-order valence-corrected chi connectivity index (χ1v) is 7.01. The minimum atomic E-state index is -1.10. The molecule has 2 rings (SSSR count). The van der Waals surface area contributed by atoms with Gasteiger partial charge in [0.1, 0.15) is 17.6 Å². The van der Waals surface area contributed by atoms with Crippen molar-refractivity contribution < 1.29 is 23.8 Å². The van der Waals surface area contributed by atoms with E-state index in [4.69, 9.17) is 9.15 Å². The Labute approximate surface area is 133 Å². The lowest BCUT2D eigenvalue weighted by Crippen LogP contribution is -2.39. The van der Waals surface area contributed by atoms with Crippen LogP contribution in [0.25, 0.3) is 0 Å². The van der Waals surface area contributed by atoms with Gasteiger partial charge in [0, 0.05) is 0 Å². The van der Waals surface area contributed by atoms with Gasteiger partial charge in [0.05, 0.1) is 32.0 Å². The fourth-order valence-electron chi connectivity index (χ4n) is 2.02. The summed E-state index contributed by atoms with van der Waals surface area (Å²) in [5.41, 5.74) is 0.496. The Morgan fingerprint density at radius 2 is 2.04 bits per heavy atom. The van der Waals surface area contributed by atoms with Crippen molar-refractivity contribution in [3.63, 3.8) is 0 Å². The first-order valence-electron chi connectivity index (χ1n) is 7.01. The van der Waals surface area contributed by atoms with E-state index in [1.807, 2.05) is 0 Å². The van der Waals surface area contributed by atoms with Crippen molar-refractivity contribution >= 4 is 17.6 Å². The van der Waals surface area contributed by atoms with E-state index in [2.05, 4.69) is 10.6 Å². The highest BCUT2D eigenvalue weighted by atomic mass is 16.5. The van der Waals surface area contributed by atoms with Gasteiger partial charge in [-0.05, 0) is 24.3 Å². The summed E-state index contributed by atoms with van der Waals surface area (Å²) in [4.78, 5) is 23.3. The van der Waals surface area contributed by atoms with Crippen molar-refractivity contribution in [1.29, 1.82) is 0 Å². The molecule has 0 saturated heterocycles. The lowest BCUT2D eigenvalue weighted by molar-refractivity contribution is -0.141. The number of amides is 1. The van der Waals surface area contributed by atoms with Crippen LogP contribution in [0.2, 0.25) is 0 Å². The third-order valence-electron chi connectivity index (χ3n) is 3.17. The van der Waals surface area contributed by atoms with Gasteiger partial charge in [-0.15, -0.1) is 0 Å². The molecule has 23 heavy (non-hydrogen) atoms. The molecule has 0 saturated carbocycles. The topological polar surface area (TPSA) is 101 Å². The quantitative estimate of drug-likeness (QED) is 0.687. The number of rotatable bonds is 8. The van der Waals surface area contributed by atoms with Crippen LogP contribution in [0.3, 0.4) is 0 Å². The van der Waals surface area contributed by atoms with Crippen LogP contribution in [0.15, 0.2) is 47.1 Å². The Morgan fingerprint density at radius 1 is 1.26 bits per heavy atom. The SMILES string of the molecule is COc1ccccc1NC(=O)C[C@H](NCc1ccco1)C(=O)O. The maximum atomic E-state index is 12.1. The summed E-state index contributed by atoms with van der Waals surface area (Å²) in [5, 5.41) is 14.7. The van der Waals surface area contributed by atoms with Gasteiger partial charge in [-0.25, -0.2) is 0 Å². The molecule has 0 aliphatic carbocycles. The van der Waals surface area contributed by atoms with Crippen LogP contribution in [0.4, 0.5) is 5.69 Å². The van der Waals surface area contributed by atoms with E-state index in [0.29, 0.717) is 17.2 Å². The van der Waals surface area contributed by atoms with Crippen molar-refractivity contribution in [2.45, 2.75) is 19.0 Å². The maximum absolute atomic E-state index is 12.1. The molecule has 0 unspecified atom stereocenters. The monoisotopic (exact) mass is 318 g/mol. The second-order valence-electron chi connectivity index (χ2n) is 4.80. The number of hydrogen-bond donors (Lipinski definition) is 3. The van der Waals surface area contributed by atoms with Crippen LogP contribution in [0.5, 0.6) is 5.75 Å². The zero-order chi connectivity index (χ0) is 16.7. The number of benzene rings is 1. The number of hydrogen-bond acceptors (Lipinski definition) is 5. The highest BCUT2D eigenvalue weighted by molar-refractivity contribution is 5.95. The van der Waals surface area contributed by atoms with E-state index < -0.39 is 17.9 Å². The van der Waals surface area contributed by atoms with Crippen molar-refractivity contribution in [2.24, 2.45) is 0 Å². The summed E-state index contributed by atoms with van der Waals surface area (Å²) in [6, 6.07) is 9.33. The third kappa shape index (κ3) is 4.86. The Bertz CT molecular complexity index is 654. The molecular formula is C16H18N2O5. The van der Waals surface area contributed by atoms with Crippen LogP contribution in [0.1, 0.15) is 12.2 Å². The van der Waals surface area contributed by atoms with Crippen molar-refractivity contribution in [3.05, 3.63) is 48.4 Å². The molecule has 0 fully saturated rings. The first-order chi connectivity index (χ1) is 11.1. The summed E-state index contributed by atoms with van der Waals surface area (Å²) in [6.45, 7) is 0.228. The van der Waals surface area contributed by atoms with Gasteiger partial charge in [-0.2, -0.15) is 0 Å². The summed E-state index contributed by atoms with van der Waals surface area (Å²) in [5.74, 6) is -0.418. The molecule has 0 radical (unpaired) electrons. The third-order valence-corrected chi connectivity index (χ3v) is 3.17. The lowest BCUT2D eigenvalue weighted by Gasteiger charge is -2.14. The molecule has 1 heterocycles. The lowest BCUT2D eigenvalue weighted by atomic mass is 10.2. The maximum Gasteiger partial charge on any atom is 0.321 e. The predicted molar refractivity (Wildman–Crippen MR) is 83.2 cm³/mol. The molecule has 122 valence electrons. The van der Waals surface area contributed by atoms with E-state index >= 15 is 0 Å². The standard InChI is InChI=1S/C16H18N2O5/c1-22-14-7-3-2-6-12(14)18-15(19)9-13(16(20)21)17-10-11-5-4-8-23-11/h2-8,13,17H,9-10H2,1H3,(H,18,19)(H,20,21)/t13-/m0/s1. The van der Waals surface area contributed by atoms with Crippen LogP contribution in [-0.2, 0) is 16.1 Å². The van der Waals surface area contributed by atoms with Crippen LogP contribution < -0.4 is 15.4 Å². The molecule has 7 heteroatoms. The van der Waals surface area contributed by atoms with Gasteiger partial charge in [0.2, 0.25) is 5.91 Å². The normalized spacial score (nSPS) is 11.7. The fraction of sp³-hybridized carbons (Fsp3) is 0.250. The molecule has 3 N–H and O–H groups in total. The Hall–Kier alpha value is -2.80. The summed E-state index contributed by atoms with van der Waals surface area (Å²) >= 11 is 0. The van der Waals surface area contributed by atoms with E-state index in [1.54, 1.807) is 36.4 Å². The van der Waals surface area contributed by atoms with E-state index in [0.717, 1.165) is 0 Å². The number of carboxylic acid groups (broad SMARTS) is 1. The smallest absolute Gasteiger partial charge is 0.321 e. The number of methoxy groups -OCH3 is 1. The second-order valence-corrected chi connectivity index (χ2v) is 4.80. The van der Waals surface area contributed by atoms with Gasteiger partial charge in [0.15, 0.2) is 0 Å². The van der Waals surface area contributed by atoms with E-state index in [1.165, 1.54) is 13.4 Å². The number of carboxylic acids is 1. The predicted octanol–water partition coefficient (Wildman–Crippen LogP) is 1.86. The molecule has 2 aromatic rings. The number of ether oxygens (including phenoxy) is 1. The minimum Gasteiger partial charge on any atom is -0.495 e. The van der Waals surface area contributed by atoms with Crippen LogP contribution >= 0.6 is 0 Å². The zero-order valence-electron chi connectivity index (χ0n) is 12.6. The van der Waals surface area contributed by atoms with E-state index in [-0.39, 0.29) is 13.0 Å². The number of para-hydroxylation sites is 2. The minimum absolute atomic E-state index is 0.214. The van der Waals surface area contributed by atoms with Crippen molar-refractivity contribution in [1.82, 2.24) is 5.32 Å². The molecule has 1 amide bonds. The average Bonchev–Trinajstić information content (AvgIpc) is 3.05. The molecule has 1 aromatic carbocycles. The van der Waals surface area contributed by atoms with Gasteiger partial charge < -0.3 is 19.6 Å². The molecule has 7 nitrogen and oxygen atoms in total. The molecule has 1 atom stereocenters. The molecular weight excluding hydrogens is 300 g/mol. The van der Waals surface area contributed by atoms with Gasteiger partial charge >= 0.3 is 5.97 Å². The van der Waals surface area contributed by atoms with Gasteiger partial charge in [-0.1, -0.05) is 12.1 Å². The second kappa shape index (κ2) is 8.00. The molecule has 0 bridgehead atoms. The van der Waals surface area contributed by atoms with Crippen LogP contribution in [0, 0.1) is 0 Å². The van der Waals surface area contributed by atoms with Crippen LogP contribution in [-0.4, -0.2) is 30.1 Å². The first kappa shape index (κ1) is 16.6. The van der Waals surface area contributed by atoms with Crippen molar-refractivity contribution in [3.8, 4) is 5.75 Å². The molecule has 1 aromatic heterocycles. The number of carbonyl (C=O) groups is 2. The molecule has 0 spiro atoms. The van der Waals surface area contributed by atoms with Gasteiger partial charge in [0.25, 0.3) is 0 Å². The molecule has 0 aliphatic rings. The molecule has 0 aliphatic heterocycles. The summed E-state index contributed by atoms with van der Waals surface area (Å²) < 4.78 is 10.3. The Kier molecular flexibility index (Phi) is 5.76.